The second-order valence-electron chi connectivity index (χ2n) is 10.4. The van der Waals surface area contributed by atoms with Crippen LogP contribution in [0.2, 0.25) is 0 Å². The van der Waals surface area contributed by atoms with E-state index in [4.69, 9.17) is 9.47 Å². The van der Waals surface area contributed by atoms with Crippen molar-refractivity contribution in [3.63, 3.8) is 0 Å². The lowest BCUT2D eigenvalue weighted by atomic mass is 9.89. The Balaban J connectivity index is 3.26. The third-order valence-corrected chi connectivity index (χ3v) is 4.77. The second-order valence-corrected chi connectivity index (χ2v) is 10.4. The maximum Gasteiger partial charge on any atom is 0.220 e. The van der Waals surface area contributed by atoms with E-state index in [1.807, 2.05) is 0 Å². The van der Waals surface area contributed by atoms with E-state index >= 15 is 0 Å². The zero-order valence-electron chi connectivity index (χ0n) is 19.8. The third kappa shape index (κ3) is 23.4. The number of nitrogens with one attached hydrogen (secondary N) is 1. The van der Waals surface area contributed by atoms with Gasteiger partial charge >= 0.3 is 0 Å². The van der Waals surface area contributed by atoms with E-state index in [-0.39, 0.29) is 5.91 Å². The molecule has 0 aromatic carbocycles. The maximum atomic E-state index is 11.8. The molecule has 4 nitrogen and oxygen atoms in total. The largest absolute Gasteiger partial charge is 0.379 e. The van der Waals surface area contributed by atoms with Crippen LogP contribution in [0.5, 0.6) is 0 Å². The van der Waals surface area contributed by atoms with Gasteiger partial charge in [0.05, 0.1) is 19.8 Å². The van der Waals surface area contributed by atoms with Crippen LogP contribution in [0.1, 0.15) is 106 Å². The minimum atomic E-state index is 0.148. The van der Waals surface area contributed by atoms with Crippen LogP contribution in [-0.2, 0) is 14.3 Å². The van der Waals surface area contributed by atoms with Gasteiger partial charge in [-0.3, -0.25) is 4.79 Å². The predicted molar refractivity (Wildman–Crippen MR) is 120 cm³/mol. The lowest BCUT2D eigenvalue weighted by molar-refractivity contribution is -0.121. The van der Waals surface area contributed by atoms with Gasteiger partial charge in [0, 0.05) is 19.6 Å². The lowest BCUT2D eigenvalue weighted by Crippen LogP contribution is -2.27. The van der Waals surface area contributed by atoms with Gasteiger partial charge in [0.25, 0.3) is 0 Å². The van der Waals surface area contributed by atoms with E-state index < -0.39 is 0 Å². The van der Waals surface area contributed by atoms with Crippen LogP contribution in [0.25, 0.3) is 0 Å². The van der Waals surface area contributed by atoms with Crippen LogP contribution in [0.3, 0.4) is 0 Å². The van der Waals surface area contributed by atoms with Crippen LogP contribution in [-0.4, -0.2) is 38.9 Å². The molecule has 0 aliphatic carbocycles. The zero-order chi connectivity index (χ0) is 21.3. The smallest absolute Gasteiger partial charge is 0.220 e. The number of hydrogen-bond donors (Lipinski definition) is 1. The predicted octanol–water partition coefficient (Wildman–Crippen LogP) is 6.13. The Morgan fingerprint density at radius 2 is 1.14 bits per heavy atom. The fourth-order valence-corrected chi connectivity index (χ4v) is 2.88. The summed E-state index contributed by atoms with van der Waals surface area (Å²) in [5.41, 5.74) is 0.787. The van der Waals surface area contributed by atoms with Crippen LogP contribution in [0.15, 0.2) is 0 Å². The van der Waals surface area contributed by atoms with Gasteiger partial charge in [-0.25, -0.2) is 0 Å². The van der Waals surface area contributed by atoms with Crippen molar-refractivity contribution in [3.8, 4) is 0 Å². The molecule has 0 atom stereocenters. The molecule has 0 spiro atoms. The van der Waals surface area contributed by atoms with Gasteiger partial charge in [-0.2, -0.15) is 0 Å². The molecule has 1 N–H and O–H groups in total. The highest BCUT2D eigenvalue weighted by atomic mass is 16.5. The van der Waals surface area contributed by atoms with Crippen molar-refractivity contribution in [1.29, 1.82) is 0 Å². The van der Waals surface area contributed by atoms with Crippen molar-refractivity contribution in [1.82, 2.24) is 5.32 Å². The molecule has 0 aliphatic heterocycles. The van der Waals surface area contributed by atoms with Gasteiger partial charge in [-0.1, -0.05) is 80.1 Å². The van der Waals surface area contributed by atoms with E-state index in [2.05, 4.69) is 46.9 Å². The molecule has 0 saturated carbocycles. The van der Waals surface area contributed by atoms with E-state index in [1.165, 1.54) is 38.5 Å². The van der Waals surface area contributed by atoms with Crippen LogP contribution >= 0.6 is 0 Å². The van der Waals surface area contributed by atoms with Gasteiger partial charge in [-0.15, -0.1) is 0 Å². The molecule has 0 rings (SSSR count). The number of unbranched alkanes of at least 4 members (excludes halogenated alkanes) is 6. The molecule has 0 aromatic rings. The van der Waals surface area contributed by atoms with Crippen molar-refractivity contribution in [2.45, 2.75) is 106 Å². The lowest BCUT2D eigenvalue weighted by Gasteiger charge is -2.17. The summed E-state index contributed by atoms with van der Waals surface area (Å²) in [5.74, 6) is 0.148. The van der Waals surface area contributed by atoms with Gasteiger partial charge in [0.2, 0.25) is 5.91 Å². The minimum Gasteiger partial charge on any atom is -0.379 e. The molecule has 28 heavy (non-hydrogen) atoms. The highest BCUT2D eigenvalue weighted by Gasteiger charge is 2.09. The summed E-state index contributed by atoms with van der Waals surface area (Å²) >= 11 is 0. The maximum absolute atomic E-state index is 11.8. The molecule has 0 saturated heterocycles. The number of carbonyl (C=O) groups excluding carboxylic acids is 1. The summed E-state index contributed by atoms with van der Waals surface area (Å²) in [6, 6.07) is 0. The molecule has 0 aliphatic rings. The van der Waals surface area contributed by atoms with Crippen molar-refractivity contribution in [3.05, 3.63) is 0 Å². The zero-order valence-corrected chi connectivity index (χ0v) is 19.8. The average Bonchev–Trinajstić information content (AvgIpc) is 2.57. The Morgan fingerprint density at radius 3 is 1.71 bits per heavy atom. The van der Waals surface area contributed by atoms with Crippen molar-refractivity contribution >= 4 is 5.91 Å². The van der Waals surface area contributed by atoms with Crippen LogP contribution in [0.4, 0.5) is 0 Å². The Labute approximate surface area is 175 Å². The molecule has 1 amide bonds. The quantitative estimate of drug-likeness (QED) is 0.299. The standard InChI is InChI=1S/C24H49NO3/c1-23(2,3)15-13-11-9-7-8-10-12-14-22(26)25-17-19-28-21-20-27-18-16-24(4,5)6/h7-21H2,1-6H3,(H,25,26). The summed E-state index contributed by atoms with van der Waals surface area (Å²) in [7, 11) is 0. The van der Waals surface area contributed by atoms with Crippen molar-refractivity contribution in [2.24, 2.45) is 10.8 Å². The molecule has 0 radical (unpaired) electrons. The average molecular weight is 400 g/mol. The fraction of sp³-hybridized carbons (Fsp3) is 0.958. The summed E-state index contributed by atoms with van der Waals surface area (Å²) in [5, 5.41) is 2.93. The third-order valence-electron chi connectivity index (χ3n) is 4.77. The monoisotopic (exact) mass is 399 g/mol. The van der Waals surface area contributed by atoms with Gasteiger partial charge in [-0.05, 0) is 30.1 Å². The van der Waals surface area contributed by atoms with Crippen LogP contribution < -0.4 is 5.32 Å². The fourth-order valence-electron chi connectivity index (χ4n) is 2.88. The molecule has 0 bridgehead atoms. The molecule has 0 unspecified atom stereocenters. The minimum absolute atomic E-state index is 0.148. The Bertz CT molecular complexity index is 335. The first-order valence-corrected chi connectivity index (χ1v) is 11.5. The Hall–Kier alpha value is -0.610. The topological polar surface area (TPSA) is 47.6 Å². The van der Waals surface area contributed by atoms with Crippen molar-refractivity contribution < 1.29 is 14.3 Å². The van der Waals surface area contributed by atoms with E-state index in [0.717, 1.165) is 25.9 Å². The van der Waals surface area contributed by atoms with Gasteiger partial charge in [0.1, 0.15) is 0 Å². The molecular formula is C24H49NO3. The summed E-state index contributed by atoms with van der Waals surface area (Å²) in [4.78, 5) is 11.8. The van der Waals surface area contributed by atoms with E-state index in [0.29, 0.717) is 43.6 Å². The van der Waals surface area contributed by atoms with E-state index in [9.17, 15) is 4.79 Å². The van der Waals surface area contributed by atoms with Gasteiger partial charge < -0.3 is 14.8 Å². The molecule has 4 heteroatoms. The first-order chi connectivity index (χ1) is 13.1. The first-order valence-electron chi connectivity index (χ1n) is 11.5. The summed E-state index contributed by atoms with van der Waals surface area (Å²) < 4.78 is 11.0. The van der Waals surface area contributed by atoms with Crippen molar-refractivity contribution in [2.75, 3.05) is 33.0 Å². The number of hydrogen-bond acceptors (Lipinski definition) is 3. The highest BCUT2D eigenvalue weighted by Crippen LogP contribution is 2.22. The number of amides is 1. The Kier molecular flexibility index (Phi) is 15.9. The SMILES string of the molecule is CC(C)(C)CCCCCCCCCC(=O)NCCOCCOCCC(C)(C)C. The number of ether oxygens (including phenoxy) is 2. The molecule has 0 heterocycles. The van der Waals surface area contributed by atoms with Gasteiger partial charge in [0.15, 0.2) is 0 Å². The molecule has 168 valence electrons. The highest BCUT2D eigenvalue weighted by molar-refractivity contribution is 5.75. The Morgan fingerprint density at radius 1 is 0.643 bits per heavy atom. The first kappa shape index (κ1) is 27.4. The second kappa shape index (κ2) is 16.2. The number of carbonyl (C=O) groups is 1. The summed E-state index contributed by atoms with van der Waals surface area (Å²) in [6.45, 7) is 16.7. The molecule has 0 fully saturated rings. The normalized spacial score (nSPS) is 12.4. The summed E-state index contributed by atoms with van der Waals surface area (Å²) in [6.07, 6.45) is 11.8. The molecule has 0 aromatic heterocycles. The molecular weight excluding hydrogens is 350 g/mol. The number of rotatable bonds is 17. The van der Waals surface area contributed by atoms with E-state index in [1.54, 1.807) is 0 Å². The van der Waals surface area contributed by atoms with Crippen LogP contribution in [0, 0.1) is 10.8 Å².